The van der Waals surface area contributed by atoms with Crippen LogP contribution in [0.2, 0.25) is 5.02 Å². The van der Waals surface area contributed by atoms with Gasteiger partial charge in [0.05, 0.1) is 17.6 Å². The summed E-state index contributed by atoms with van der Waals surface area (Å²) in [5.74, 6) is -0.326. The van der Waals surface area contributed by atoms with Gasteiger partial charge in [0.2, 0.25) is 5.91 Å². The zero-order chi connectivity index (χ0) is 23.0. The van der Waals surface area contributed by atoms with Crippen LogP contribution in [0.3, 0.4) is 0 Å². The van der Waals surface area contributed by atoms with Gasteiger partial charge in [0.15, 0.2) is 0 Å². The van der Waals surface area contributed by atoms with E-state index in [9.17, 15) is 9.59 Å². The Morgan fingerprint density at radius 2 is 1.88 bits per heavy atom. The fraction of sp³-hybridized carbons (Fsp3) is 0.250. The Morgan fingerprint density at radius 3 is 2.56 bits per heavy atom. The molecule has 0 saturated heterocycles. The fourth-order valence-electron chi connectivity index (χ4n) is 3.62. The largest absolute Gasteiger partial charge is 0.324 e. The van der Waals surface area contributed by atoms with Crippen molar-refractivity contribution in [2.75, 3.05) is 5.32 Å². The second-order valence-corrected chi connectivity index (χ2v) is 8.53. The maximum Gasteiger partial charge on any atom is 0.293 e. The van der Waals surface area contributed by atoms with Gasteiger partial charge < -0.3 is 5.32 Å². The fourth-order valence-corrected chi connectivity index (χ4v) is 3.80. The van der Waals surface area contributed by atoms with E-state index in [1.165, 1.54) is 4.68 Å². The Morgan fingerprint density at radius 1 is 1.12 bits per heavy atom. The number of rotatable bonds is 5. The highest BCUT2D eigenvalue weighted by atomic mass is 35.5. The molecule has 2 heterocycles. The Balaban J connectivity index is 1.77. The number of fused-ring (bicyclic) bond motifs is 1. The second kappa shape index (κ2) is 8.59. The monoisotopic (exact) mass is 449 g/mol. The molecule has 0 bridgehead atoms. The summed E-state index contributed by atoms with van der Waals surface area (Å²) < 4.78 is 2.84. The van der Waals surface area contributed by atoms with Gasteiger partial charge in [-0.1, -0.05) is 49.7 Å². The van der Waals surface area contributed by atoms with Crippen LogP contribution in [0.5, 0.6) is 0 Å². The predicted molar refractivity (Wildman–Crippen MR) is 127 cm³/mol. The van der Waals surface area contributed by atoms with Crippen molar-refractivity contribution in [3.05, 3.63) is 80.9 Å². The summed E-state index contributed by atoms with van der Waals surface area (Å²) in [6.45, 7) is 7.62. The Bertz CT molecular complexity index is 1390. The van der Waals surface area contributed by atoms with Crippen LogP contribution in [0.1, 0.15) is 36.6 Å². The topological polar surface area (TPSA) is 81.8 Å². The number of hydrogen-bond acceptors (Lipinski definition) is 4. The molecule has 32 heavy (non-hydrogen) atoms. The van der Waals surface area contributed by atoms with Gasteiger partial charge in [-0.2, -0.15) is 10.2 Å². The summed E-state index contributed by atoms with van der Waals surface area (Å²) in [4.78, 5) is 26.1. The number of nitrogens with zero attached hydrogens (tertiary/aromatic N) is 4. The van der Waals surface area contributed by atoms with Crippen LogP contribution in [0.4, 0.5) is 5.69 Å². The average molecular weight is 450 g/mol. The molecule has 7 nitrogen and oxygen atoms in total. The number of carbonyl (C=O) groups excluding carboxylic acids is 1. The molecular formula is C24H24ClN5O2. The first-order chi connectivity index (χ1) is 15.3. The van der Waals surface area contributed by atoms with Gasteiger partial charge in [-0.15, -0.1) is 0 Å². The molecule has 0 fully saturated rings. The SMILES string of the molecule is Cc1ccc(NC(=O)Cn2nc(C(C)C)c3cnn(-c4ccccc4C)c3c2=O)cc1Cl. The van der Waals surface area contributed by atoms with E-state index in [-0.39, 0.29) is 23.9 Å². The summed E-state index contributed by atoms with van der Waals surface area (Å²) in [6, 6.07) is 13.0. The minimum Gasteiger partial charge on any atom is -0.324 e. The van der Waals surface area contributed by atoms with Crippen molar-refractivity contribution < 1.29 is 4.79 Å². The van der Waals surface area contributed by atoms with E-state index in [0.29, 0.717) is 27.3 Å². The molecule has 4 aromatic rings. The molecule has 1 amide bonds. The van der Waals surface area contributed by atoms with Crippen molar-refractivity contribution in [3.63, 3.8) is 0 Å². The van der Waals surface area contributed by atoms with Crippen LogP contribution in [-0.4, -0.2) is 25.5 Å². The van der Waals surface area contributed by atoms with Gasteiger partial charge in [-0.05, 0) is 49.1 Å². The van der Waals surface area contributed by atoms with Gasteiger partial charge in [-0.3, -0.25) is 9.59 Å². The summed E-state index contributed by atoms with van der Waals surface area (Å²) in [7, 11) is 0. The molecule has 2 aromatic heterocycles. The quantitative estimate of drug-likeness (QED) is 0.482. The number of para-hydroxylation sites is 1. The van der Waals surface area contributed by atoms with Crippen LogP contribution in [0, 0.1) is 13.8 Å². The summed E-state index contributed by atoms with van der Waals surface area (Å²) in [6.07, 6.45) is 1.67. The third-order valence-corrected chi connectivity index (χ3v) is 5.76. The van der Waals surface area contributed by atoms with E-state index in [2.05, 4.69) is 15.5 Å². The van der Waals surface area contributed by atoms with Gasteiger partial charge >= 0.3 is 0 Å². The molecule has 4 rings (SSSR count). The van der Waals surface area contributed by atoms with Gasteiger partial charge in [0.25, 0.3) is 5.56 Å². The lowest BCUT2D eigenvalue weighted by molar-refractivity contribution is -0.117. The van der Waals surface area contributed by atoms with Crippen LogP contribution >= 0.6 is 11.6 Å². The number of aryl methyl sites for hydroxylation is 2. The Hall–Kier alpha value is -3.45. The number of benzene rings is 2. The lowest BCUT2D eigenvalue weighted by Crippen LogP contribution is -2.31. The normalized spacial score (nSPS) is 11.3. The molecule has 0 saturated carbocycles. The second-order valence-electron chi connectivity index (χ2n) is 8.12. The predicted octanol–water partition coefficient (Wildman–Crippen LogP) is 4.61. The number of nitrogens with one attached hydrogen (secondary N) is 1. The molecule has 164 valence electrons. The Labute approximate surface area is 190 Å². The van der Waals surface area contributed by atoms with Crippen molar-refractivity contribution >= 4 is 34.1 Å². The van der Waals surface area contributed by atoms with Crippen molar-refractivity contribution in [2.45, 2.75) is 40.2 Å². The number of aromatic nitrogens is 4. The molecule has 0 aliphatic heterocycles. The van der Waals surface area contributed by atoms with E-state index < -0.39 is 0 Å². The van der Waals surface area contributed by atoms with Crippen LogP contribution < -0.4 is 10.9 Å². The minimum atomic E-state index is -0.373. The Kier molecular flexibility index (Phi) is 5.84. The van der Waals surface area contributed by atoms with Crippen LogP contribution in [0.15, 0.2) is 53.5 Å². The van der Waals surface area contributed by atoms with Gasteiger partial charge in [0.1, 0.15) is 12.1 Å². The van der Waals surface area contributed by atoms with Crippen molar-refractivity contribution in [3.8, 4) is 5.69 Å². The van der Waals surface area contributed by atoms with E-state index in [1.807, 2.05) is 58.0 Å². The van der Waals surface area contributed by atoms with Crippen molar-refractivity contribution in [1.82, 2.24) is 19.6 Å². The third kappa shape index (κ3) is 4.03. The molecule has 0 spiro atoms. The highest BCUT2D eigenvalue weighted by Crippen LogP contribution is 2.24. The zero-order valence-electron chi connectivity index (χ0n) is 18.4. The van der Waals surface area contributed by atoms with Gasteiger partial charge in [0, 0.05) is 16.1 Å². The molecule has 0 atom stereocenters. The molecule has 0 aliphatic rings. The summed E-state index contributed by atoms with van der Waals surface area (Å²) in [5, 5.41) is 13.0. The van der Waals surface area contributed by atoms with Crippen molar-refractivity contribution in [2.24, 2.45) is 0 Å². The lowest BCUT2D eigenvalue weighted by atomic mass is 10.1. The van der Waals surface area contributed by atoms with E-state index in [4.69, 9.17) is 11.6 Å². The first-order valence-electron chi connectivity index (χ1n) is 10.4. The highest BCUT2D eigenvalue weighted by Gasteiger charge is 2.20. The molecule has 0 aliphatic carbocycles. The summed E-state index contributed by atoms with van der Waals surface area (Å²) >= 11 is 6.15. The summed E-state index contributed by atoms with van der Waals surface area (Å²) in [5.41, 5.74) is 4.02. The lowest BCUT2D eigenvalue weighted by Gasteiger charge is -2.13. The van der Waals surface area contributed by atoms with Crippen molar-refractivity contribution in [1.29, 1.82) is 0 Å². The standard InChI is InChI=1S/C24H24ClN5O2/c1-14(2)22-18-12-26-30(20-8-6-5-7-16(20)4)23(18)24(32)29(28-22)13-21(31)27-17-10-9-15(3)19(25)11-17/h5-12,14H,13H2,1-4H3,(H,27,31). The molecule has 0 unspecified atom stereocenters. The first kappa shape index (κ1) is 21.8. The number of carbonyl (C=O) groups is 1. The van der Waals surface area contributed by atoms with E-state index >= 15 is 0 Å². The minimum absolute atomic E-state index is 0.0397. The molecular weight excluding hydrogens is 426 g/mol. The van der Waals surface area contributed by atoms with E-state index in [0.717, 1.165) is 16.8 Å². The van der Waals surface area contributed by atoms with Crippen LogP contribution in [0.25, 0.3) is 16.6 Å². The molecule has 2 aromatic carbocycles. The highest BCUT2D eigenvalue weighted by molar-refractivity contribution is 6.31. The molecule has 8 heteroatoms. The molecule has 0 radical (unpaired) electrons. The van der Waals surface area contributed by atoms with E-state index in [1.54, 1.807) is 23.0 Å². The number of anilines is 1. The van der Waals surface area contributed by atoms with Crippen LogP contribution in [-0.2, 0) is 11.3 Å². The smallest absolute Gasteiger partial charge is 0.293 e. The zero-order valence-corrected chi connectivity index (χ0v) is 19.1. The first-order valence-corrected chi connectivity index (χ1v) is 10.7. The maximum absolute atomic E-state index is 13.4. The number of amides is 1. The number of halogens is 1. The average Bonchev–Trinajstić information content (AvgIpc) is 3.18. The third-order valence-electron chi connectivity index (χ3n) is 5.35. The maximum atomic E-state index is 13.4. The van der Waals surface area contributed by atoms with Gasteiger partial charge in [-0.25, -0.2) is 9.36 Å². The molecule has 1 N–H and O–H groups in total. The number of hydrogen-bond donors (Lipinski definition) is 1.